The third kappa shape index (κ3) is 4.46. The molecule has 1 amide bonds. The minimum Gasteiger partial charge on any atom is -0.459 e. The van der Waals surface area contributed by atoms with Crippen LogP contribution in [-0.4, -0.2) is 53.0 Å². The van der Waals surface area contributed by atoms with Crippen molar-refractivity contribution in [2.24, 2.45) is 0 Å². The normalized spacial score (nSPS) is 18.8. The number of aryl methyl sites for hydroxylation is 1. The minimum absolute atomic E-state index is 0.0424. The fourth-order valence-corrected chi connectivity index (χ4v) is 4.12. The maximum Gasteiger partial charge on any atom is 0.289 e. The number of nitrogens with zero attached hydrogens (tertiary/aromatic N) is 4. The minimum atomic E-state index is -0.0424. The van der Waals surface area contributed by atoms with Gasteiger partial charge in [0.1, 0.15) is 17.5 Å². The summed E-state index contributed by atoms with van der Waals surface area (Å²) in [6.45, 7) is 4.78. The van der Waals surface area contributed by atoms with Crippen molar-refractivity contribution in [3.8, 4) is 0 Å². The summed E-state index contributed by atoms with van der Waals surface area (Å²) < 4.78 is 5.24. The molecule has 1 aliphatic heterocycles. The highest BCUT2D eigenvalue weighted by atomic mass is 16.3. The number of amides is 1. The molecule has 3 heterocycles. The molecule has 1 N–H and O–H groups in total. The van der Waals surface area contributed by atoms with Crippen LogP contribution in [0.1, 0.15) is 54.9 Å². The van der Waals surface area contributed by atoms with E-state index >= 15 is 0 Å². The van der Waals surface area contributed by atoms with Crippen LogP contribution in [-0.2, 0) is 0 Å². The van der Waals surface area contributed by atoms with Crippen LogP contribution in [0, 0.1) is 6.92 Å². The fourth-order valence-electron chi connectivity index (χ4n) is 4.12. The SMILES string of the molecule is Cc1nc(NC2CCCCCC2)cc(N2CCN(C(=O)c3ccco3)CC2)n1. The average Bonchev–Trinajstić information content (AvgIpc) is 3.13. The molecule has 2 aromatic rings. The molecule has 2 aromatic heterocycles. The number of nitrogens with one attached hydrogen (secondary N) is 1. The van der Waals surface area contributed by atoms with Gasteiger partial charge in [0.15, 0.2) is 5.76 Å². The third-order valence-electron chi connectivity index (χ3n) is 5.65. The van der Waals surface area contributed by atoms with Gasteiger partial charge in [0.2, 0.25) is 0 Å². The van der Waals surface area contributed by atoms with Gasteiger partial charge in [-0.15, -0.1) is 0 Å². The van der Waals surface area contributed by atoms with Gasteiger partial charge in [-0.3, -0.25) is 4.79 Å². The van der Waals surface area contributed by atoms with E-state index in [2.05, 4.69) is 26.3 Å². The Morgan fingerprint density at radius 2 is 1.86 bits per heavy atom. The Morgan fingerprint density at radius 3 is 2.54 bits per heavy atom. The Kier molecular flexibility index (Phi) is 5.78. The maximum absolute atomic E-state index is 12.4. The molecule has 2 aliphatic rings. The van der Waals surface area contributed by atoms with Crippen LogP contribution < -0.4 is 10.2 Å². The lowest BCUT2D eigenvalue weighted by Crippen LogP contribution is -2.49. The van der Waals surface area contributed by atoms with Gasteiger partial charge in [0, 0.05) is 38.3 Å². The number of hydrogen-bond donors (Lipinski definition) is 1. The molecular weight excluding hydrogens is 354 g/mol. The summed E-state index contributed by atoms with van der Waals surface area (Å²) in [6, 6.07) is 6.03. The largest absolute Gasteiger partial charge is 0.459 e. The van der Waals surface area contributed by atoms with Crippen LogP contribution in [0.3, 0.4) is 0 Å². The molecule has 2 fully saturated rings. The summed E-state index contributed by atoms with van der Waals surface area (Å²) >= 11 is 0. The molecule has 7 heteroatoms. The van der Waals surface area contributed by atoms with Crippen molar-refractivity contribution in [1.29, 1.82) is 0 Å². The Bertz CT molecular complexity index is 776. The van der Waals surface area contributed by atoms with Crippen molar-refractivity contribution in [1.82, 2.24) is 14.9 Å². The summed E-state index contributed by atoms with van der Waals surface area (Å²) in [5, 5.41) is 3.63. The summed E-state index contributed by atoms with van der Waals surface area (Å²) in [5.74, 6) is 3.00. The molecule has 1 saturated carbocycles. The van der Waals surface area contributed by atoms with Crippen molar-refractivity contribution in [2.75, 3.05) is 36.4 Å². The first-order valence-corrected chi connectivity index (χ1v) is 10.4. The summed E-state index contributed by atoms with van der Waals surface area (Å²) in [7, 11) is 0. The molecule has 0 unspecified atom stereocenters. The van der Waals surface area contributed by atoms with Crippen molar-refractivity contribution in [3.05, 3.63) is 36.0 Å². The maximum atomic E-state index is 12.4. The first-order valence-electron chi connectivity index (χ1n) is 10.4. The number of hydrogen-bond acceptors (Lipinski definition) is 6. The zero-order valence-corrected chi connectivity index (χ0v) is 16.6. The van der Waals surface area contributed by atoms with E-state index in [0.717, 1.165) is 30.5 Å². The fraction of sp³-hybridized carbons (Fsp3) is 0.571. The highest BCUT2D eigenvalue weighted by Gasteiger charge is 2.25. The first kappa shape index (κ1) is 18.8. The second-order valence-electron chi connectivity index (χ2n) is 7.75. The average molecular weight is 383 g/mol. The van der Waals surface area contributed by atoms with Gasteiger partial charge in [-0.1, -0.05) is 25.7 Å². The molecule has 4 rings (SSSR count). The van der Waals surface area contributed by atoms with Gasteiger partial charge in [-0.2, -0.15) is 0 Å². The number of furan rings is 1. The number of anilines is 2. The quantitative estimate of drug-likeness (QED) is 0.815. The Morgan fingerprint density at radius 1 is 1.11 bits per heavy atom. The molecule has 0 atom stereocenters. The second-order valence-corrected chi connectivity index (χ2v) is 7.75. The number of rotatable bonds is 4. The van der Waals surface area contributed by atoms with Crippen LogP contribution in [0.15, 0.2) is 28.9 Å². The molecule has 0 aromatic carbocycles. The topological polar surface area (TPSA) is 74.5 Å². The zero-order chi connectivity index (χ0) is 19.3. The highest BCUT2D eigenvalue weighted by Crippen LogP contribution is 2.23. The standard InChI is InChI=1S/C21H29N5O2/c1-16-22-19(24-17-7-4-2-3-5-8-17)15-20(23-16)25-10-12-26(13-11-25)21(27)18-9-6-14-28-18/h6,9,14-15,17H,2-5,7-8,10-13H2,1H3,(H,22,23,24). The lowest BCUT2D eigenvalue weighted by molar-refractivity contribution is 0.0714. The van der Waals surface area contributed by atoms with Gasteiger partial charge in [0.05, 0.1) is 6.26 Å². The molecule has 7 nitrogen and oxygen atoms in total. The van der Waals surface area contributed by atoms with Gasteiger partial charge in [-0.25, -0.2) is 9.97 Å². The van der Waals surface area contributed by atoms with E-state index in [4.69, 9.17) is 4.42 Å². The van der Waals surface area contributed by atoms with Crippen molar-refractivity contribution < 1.29 is 9.21 Å². The Hall–Kier alpha value is -2.57. The number of carbonyl (C=O) groups is 1. The second kappa shape index (κ2) is 8.63. The lowest BCUT2D eigenvalue weighted by atomic mass is 10.1. The molecule has 0 bridgehead atoms. The third-order valence-corrected chi connectivity index (χ3v) is 5.65. The van der Waals surface area contributed by atoms with E-state index in [9.17, 15) is 4.79 Å². The van der Waals surface area contributed by atoms with Gasteiger partial charge < -0.3 is 19.5 Å². The molecule has 0 spiro atoms. The molecular formula is C21H29N5O2. The Labute approximate surface area is 166 Å². The van der Waals surface area contributed by atoms with Gasteiger partial charge in [0.25, 0.3) is 5.91 Å². The monoisotopic (exact) mass is 383 g/mol. The Balaban J connectivity index is 1.39. The van der Waals surface area contributed by atoms with Gasteiger partial charge >= 0.3 is 0 Å². The van der Waals surface area contributed by atoms with Crippen LogP contribution >= 0.6 is 0 Å². The van der Waals surface area contributed by atoms with Crippen LogP contribution in [0.2, 0.25) is 0 Å². The molecule has 1 aliphatic carbocycles. The van der Waals surface area contributed by atoms with E-state index < -0.39 is 0 Å². The van der Waals surface area contributed by atoms with E-state index in [-0.39, 0.29) is 5.91 Å². The predicted molar refractivity (Wildman–Crippen MR) is 109 cm³/mol. The van der Waals surface area contributed by atoms with Crippen LogP contribution in [0.4, 0.5) is 11.6 Å². The molecule has 28 heavy (non-hydrogen) atoms. The molecule has 150 valence electrons. The van der Waals surface area contributed by atoms with Crippen LogP contribution in [0.5, 0.6) is 0 Å². The summed E-state index contributed by atoms with van der Waals surface area (Å²) in [5.41, 5.74) is 0. The van der Waals surface area contributed by atoms with Gasteiger partial charge in [-0.05, 0) is 31.9 Å². The van der Waals surface area contributed by atoms with Crippen molar-refractivity contribution in [2.45, 2.75) is 51.5 Å². The predicted octanol–water partition coefficient (Wildman–Crippen LogP) is 3.48. The number of carbonyl (C=O) groups excluding carboxylic acids is 1. The first-order chi connectivity index (χ1) is 13.7. The van der Waals surface area contributed by atoms with Crippen molar-refractivity contribution >= 4 is 17.5 Å². The number of aromatic nitrogens is 2. The van der Waals surface area contributed by atoms with Crippen molar-refractivity contribution in [3.63, 3.8) is 0 Å². The molecule has 0 radical (unpaired) electrons. The van der Waals surface area contributed by atoms with E-state index in [0.29, 0.717) is 24.9 Å². The lowest BCUT2D eigenvalue weighted by Gasteiger charge is -2.35. The molecule has 1 saturated heterocycles. The number of piperazine rings is 1. The summed E-state index contributed by atoms with van der Waals surface area (Å²) in [6.07, 6.45) is 9.23. The summed E-state index contributed by atoms with van der Waals surface area (Å²) in [4.78, 5) is 25.8. The smallest absolute Gasteiger partial charge is 0.289 e. The van der Waals surface area contributed by atoms with E-state index in [1.807, 2.05) is 11.8 Å². The van der Waals surface area contributed by atoms with E-state index in [1.54, 1.807) is 12.1 Å². The zero-order valence-electron chi connectivity index (χ0n) is 16.6. The van der Waals surface area contributed by atoms with E-state index in [1.165, 1.54) is 44.8 Å². The highest BCUT2D eigenvalue weighted by molar-refractivity contribution is 5.91. The van der Waals surface area contributed by atoms with Crippen LogP contribution in [0.25, 0.3) is 0 Å².